The smallest absolute Gasteiger partial charge is 0.253 e. The number of hydrogen-bond acceptors (Lipinski definition) is 2. The number of benzene rings is 2. The number of carbonyl (C=O) groups excluding carboxylic acids is 1. The first-order valence-corrected chi connectivity index (χ1v) is 8.83. The molecule has 3 rings (SSSR count). The summed E-state index contributed by atoms with van der Waals surface area (Å²) < 4.78 is 1.63. The van der Waals surface area contributed by atoms with Gasteiger partial charge in [0.05, 0.1) is 0 Å². The molecule has 1 aromatic heterocycles. The molecule has 0 atom stereocenters. The summed E-state index contributed by atoms with van der Waals surface area (Å²) in [5.41, 5.74) is 9.90. The Kier molecular flexibility index (Phi) is 4.87. The molecule has 0 aliphatic carbocycles. The van der Waals surface area contributed by atoms with Crippen LogP contribution in [0.2, 0.25) is 0 Å². The number of carbonyl (C=O) groups is 1. The molecule has 3 aromatic rings. The minimum atomic E-state index is -0.529. The van der Waals surface area contributed by atoms with Crippen LogP contribution < -0.4 is 5.73 Å². The maximum absolute atomic E-state index is 12.3. The lowest BCUT2D eigenvalue weighted by Crippen LogP contribution is -2.14. The quantitative estimate of drug-likeness (QED) is 0.712. The van der Waals surface area contributed by atoms with Gasteiger partial charge in [0.25, 0.3) is 5.91 Å². The molecule has 1 heterocycles. The highest BCUT2D eigenvalue weighted by molar-refractivity contribution is 6.02. The van der Waals surface area contributed by atoms with Gasteiger partial charge in [-0.15, -0.1) is 0 Å². The van der Waals surface area contributed by atoms with Gasteiger partial charge in [-0.25, -0.2) is 0 Å². The Balaban J connectivity index is 2.25. The predicted molar refractivity (Wildman–Crippen MR) is 109 cm³/mol. The molecule has 0 aliphatic heterocycles. The molecule has 4 nitrogen and oxygen atoms in total. The van der Waals surface area contributed by atoms with Crippen molar-refractivity contribution in [3.8, 4) is 34.2 Å². The molecule has 0 saturated heterocycles. The molecule has 1 amide bonds. The first kappa shape index (κ1) is 18.5. The standard InChI is InChI=1S/C23H23N3O/c1-23(2,3)15-14-19-20(22(24)27)21(25-26(19)4)18-13-9-8-12-17(18)16-10-6-5-7-11-16/h5-13H,1-4H3,(H2,24,27). The monoisotopic (exact) mass is 357 g/mol. The minimum absolute atomic E-state index is 0.193. The van der Waals surface area contributed by atoms with Crippen LogP contribution in [0.4, 0.5) is 0 Å². The van der Waals surface area contributed by atoms with Crippen LogP contribution in [-0.2, 0) is 7.05 Å². The highest BCUT2D eigenvalue weighted by Crippen LogP contribution is 2.34. The van der Waals surface area contributed by atoms with E-state index in [1.54, 1.807) is 11.7 Å². The van der Waals surface area contributed by atoms with Crippen molar-refractivity contribution < 1.29 is 4.79 Å². The molecule has 2 aromatic carbocycles. The topological polar surface area (TPSA) is 60.9 Å². The molecule has 0 saturated carbocycles. The van der Waals surface area contributed by atoms with Crippen molar-refractivity contribution in [3.63, 3.8) is 0 Å². The zero-order valence-electron chi connectivity index (χ0n) is 16.1. The Bertz CT molecular complexity index is 1040. The molecule has 0 radical (unpaired) electrons. The fraction of sp³-hybridized carbons (Fsp3) is 0.217. The number of aromatic nitrogens is 2. The summed E-state index contributed by atoms with van der Waals surface area (Å²) >= 11 is 0. The highest BCUT2D eigenvalue weighted by atomic mass is 16.1. The second kappa shape index (κ2) is 7.13. The van der Waals surface area contributed by atoms with E-state index in [4.69, 9.17) is 5.73 Å². The summed E-state index contributed by atoms with van der Waals surface area (Å²) in [4.78, 5) is 12.3. The Labute approximate surface area is 160 Å². The van der Waals surface area contributed by atoms with E-state index in [1.807, 2.05) is 75.4 Å². The van der Waals surface area contributed by atoms with Gasteiger partial charge in [0, 0.05) is 18.0 Å². The number of aryl methyl sites for hydroxylation is 1. The second-order valence-electron chi connectivity index (χ2n) is 7.47. The van der Waals surface area contributed by atoms with Gasteiger partial charge < -0.3 is 5.73 Å². The van der Waals surface area contributed by atoms with E-state index < -0.39 is 5.91 Å². The summed E-state index contributed by atoms with van der Waals surface area (Å²) in [5, 5.41) is 4.60. The summed E-state index contributed by atoms with van der Waals surface area (Å²) in [6.45, 7) is 6.06. The van der Waals surface area contributed by atoms with Gasteiger partial charge in [0.15, 0.2) is 0 Å². The fourth-order valence-corrected chi connectivity index (χ4v) is 2.90. The highest BCUT2D eigenvalue weighted by Gasteiger charge is 2.23. The Morgan fingerprint density at radius 2 is 1.59 bits per heavy atom. The number of nitrogens with two attached hydrogens (primary N) is 1. The lowest BCUT2D eigenvalue weighted by molar-refractivity contribution is 0.100. The molecule has 0 bridgehead atoms. The predicted octanol–water partition coefficient (Wildman–Crippen LogP) is 4.25. The molecular formula is C23H23N3O. The third kappa shape index (κ3) is 3.93. The van der Waals surface area contributed by atoms with Crippen LogP contribution in [0.25, 0.3) is 22.4 Å². The molecule has 0 aliphatic rings. The molecule has 0 spiro atoms. The van der Waals surface area contributed by atoms with Crippen LogP contribution in [0.3, 0.4) is 0 Å². The lowest BCUT2D eigenvalue weighted by atomic mass is 9.94. The van der Waals surface area contributed by atoms with Gasteiger partial charge in [-0.2, -0.15) is 5.10 Å². The molecule has 136 valence electrons. The molecular weight excluding hydrogens is 334 g/mol. The molecule has 0 unspecified atom stereocenters. The average Bonchev–Trinajstić information content (AvgIpc) is 2.96. The van der Waals surface area contributed by atoms with Crippen LogP contribution in [0, 0.1) is 17.3 Å². The van der Waals surface area contributed by atoms with E-state index in [0.717, 1.165) is 16.7 Å². The number of hydrogen-bond donors (Lipinski definition) is 1. The summed E-state index contributed by atoms with van der Waals surface area (Å²) in [5.74, 6) is 5.74. The van der Waals surface area contributed by atoms with Crippen molar-refractivity contribution in [2.75, 3.05) is 0 Å². The number of rotatable bonds is 3. The van der Waals surface area contributed by atoms with Crippen molar-refractivity contribution in [1.29, 1.82) is 0 Å². The average molecular weight is 357 g/mol. The maximum Gasteiger partial charge on any atom is 0.253 e. The van der Waals surface area contributed by atoms with Crippen molar-refractivity contribution in [1.82, 2.24) is 9.78 Å². The number of nitrogens with zero attached hydrogens (tertiary/aromatic N) is 2. The Hall–Kier alpha value is -3.32. The maximum atomic E-state index is 12.3. The van der Waals surface area contributed by atoms with Gasteiger partial charge >= 0.3 is 0 Å². The SMILES string of the molecule is Cn1nc(-c2ccccc2-c2ccccc2)c(C(N)=O)c1C#CC(C)(C)C. The summed E-state index contributed by atoms with van der Waals surface area (Å²) in [6.07, 6.45) is 0. The van der Waals surface area contributed by atoms with Crippen LogP contribution in [-0.4, -0.2) is 15.7 Å². The van der Waals surface area contributed by atoms with Crippen molar-refractivity contribution in [3.05, 3.63) is 65.9 Å². The lowest BCUT2D eigenvalue weighted by Gasteiger charge is -2.09. The molecule has 27 heavy (non-hydrogen) atoms. The van der Waals surface area contributed by atoms with Crippen LogP contribution in [0.1, 0.15) is 36.8 Å². The van der Waals surface area contributed by atoms with Crippen molar-refractivity contribution in [2.45, 2.75) is 20.8 Å². The van der Waals surface area contributed by atoms with Crippen LogP contribution >= 0.6 is 0 Å². The first-order valence-electron chi connectivity index (χ1n) is 8.83. The molecule has 4 heteroatoms. The van der Waals surface area contributed by atoms with E-state index in [0.29, 0.717) is 17.0 Å². The van der Waals surface area contributed by atoms with Gasteiger partial charge in [-0.3, -0.25) is 9.48 Å². The fourth-order valence-electron chi connectivity index (χ4n) is 2.90. The second-order valence-corrected chi connectivity index (χ2v) is 7.47. The van der Waals surface area contributed by atoms with E-state index in [1.165, 1.54) is 0 Å². The minimum Gasteiger partial charge on any atom is -0.365 e. The van der Waals surface area contributed by atoms with Gasteiger partial charge in [0.2, 0.25) is 0 Å². The third-order valence-corrected chi connectivity index (χ3v) is 4.12. The Morgan fingerprint density at radius 1 is 1.00 bits per heavy atom. The number of amides is 1. The normalized spacial score (nSPS) is 11.0. The van der Waals surface area contributed by atoms with Crippen molar-refractivity contribution in [2.24, 2.45) is 18.2 Å². The third-order valence-electron chi connectivity index (χ3n) is 4.12. The zero-order chi connectivity index (χ0) is 19.6. The summed E-state index contributed by atoms with van der Waals surface area (Å²) in [7, 11) is 1.79. The van der Waals surface area contributed by atoms with E-state index in [-0.39, 0.29) is 5.41 Å². The summed E-state index contributed by atoms with van der Waals surface area (Å²) in [6, 6.07) is 17.9. The Morgan fingerprint density at radius 3 is 2.19 bits per heavy atom. The van der Waals surface area contributed by atoms with E-state index in [2.05, 4.69) is 16.9 Å². The zero-order valence-corrected chi connectivity index (χ0v) is 16.1. The van der Waals surface area contributed by atoms with Crippen molar-refractivity contribution >= 4 is 5.91 Å². The van der Waals surface area contributed by atoms with E-state index in [9.17, 15) is 4.79 Å². The first-order chi connectivity index (χ1) is 12.8. The molecule has 0 fully saturated rings. The molecule has 2 N–H and O–H groups in total. The largest absolute Gasteiger partial charge is 0.365 e. The van der Waals surface area contributed by atoms with E-state index >= 15 is 0 Å². The van der Waals surface area contributed by atoms with Crippen LogP contribution in [0.15, 0.2) is 54.6 Å². The van der Waals surface area contributed by atoms with Gasteiger partial charge in [0.1, 0.15) is 17.0 Å². The van der Waals surface area contributed by atoms with Crippen LogP contribution in [0.5, 0.6) is 0 Å². The number of primary amides is 1. The van der Waals surface area contributed by atoms with Gasteiger partial charge in [-0.1, -0.05) is 60.5 Å². The van der Waals surface area contributed by atoms with Gasteiger partial charge in [-0.05, 0) is 37.8 Å².